The van der Waals surface area contributed by atoms with Crippen LogP contribution >= 0.6 is 11.5 Å². The van der Waals surface area contributed by atoms with Gasteiger partial charge in [-0.25, -0.2) is 0 Å². The summed E-state index contributed by atoms with van der Waals surface area (Å²) in [6, 6.07) is 27.0. The van der Waals surface area contributed by atoms with Gasteiger partial charge in [0.1, 0.15) is 6.04 Å². The summed E-state index contributed by atoms with van der Waals surface area (Å²) in [5.74, 6) is 0.884. The van der Waals surface area contributed by atoms with Crippen LogP contribution in [0.5, 0.6) is 0 Å². The Hall–Kier alpha value is -3.51. The van der Waals surface area contributed by atoms with Crippen LogP contribution in [0, 0.1) is 0 Å². The smallest absolute Gasteiger partial charge is 0.269 e. The Labute approximate surface area is 171 Å². The van der Waals surface area contributed by atoms with Crippen LogP contribution in [-0.4, -0.2) is 14.2 Å². The fourth-order valence-corrected chi connectivity index (χ4v) is 4.45. The maximum atomic E-state index is 13.1. The molecule has 142 valence electrons. The monoisotopic (exact) mass is 399 g/mol. The number of aromatic nitrogens is 3. The maximum Gasteiger partial charge on any atom is 0.269 e. The summed E-state index contributed by atoms with van der Waals surface area (Å²) in [6.45, 7) is 0. The zero-order valence-corrected chi connectivity index (χ0v) is 16.3. The van der Waals surface area contributed by atoms with Gasteiger partial charge in [-0.3, -0.25) is 8.75 Å². The quantitative estimate of drug-likeness (QED) is 0.420. The predicted octanol–water partition coefficient (Wildman–Crippen LogP) is 4.95. The molecule has 0 radical (unpaired) electrons. The molecule has 0 aliphatic heterocycles. The Morgan fingerprint density at radius 3 is 2.31 bits per heavy atom. The van der Waals surface area contributed by atoms with Gasteiger partial charge in [0.25, 0.3) is 5.56 Å². The zero-order chi connectivity index (χ0) is 19.6. The molecule has 2 aromatic heterocycles. The number of benzene rings is 3. The van der Waals surface area contributed by atoms with Crippen LogP contribution in [0.15, 0.2) is 94.1 Å². The second-order valence-corrected chi connectivity index (χ2v) is 7.75. The van der Waals surface area contributed by atoms with Crippen molar-refractivity contribution >= 4 is 21.6 Å². The van der Waals surface area contributed by atoms with E-state index in [1.807, 2.05) is 84.9 Å². The third-order valence-corrected chi connectivity index (χ3v) is 5.99. The SMILES string of the molecule is O=c1c2ccccc2sn1[C@@H](Cc1ccccc1)c1nnc(-c2ccccc2)o1. The first kappa shape index (κ1) is 17.6. The summed E-state index contributed by atoms with van der Waals surface area (Å²) in [7, 11) is 0. The largest absolute Gasteiger partial charge is 0.418 e. The molecule has 0 unspecified atom stereocenters. The molecule has 0 bridgehead atoms. The van der Waals surface area contributed by atoms with Crippen LogP contribution < -0.4 is 5.56 Å². The van der Waals surface area contributed by atoms with Gasteiger partial charge in [-0.15, -0.1) is 10.2 Å². The molecule has 0 saturated carbocycles. The first-order valence-electron chi connectivity index (χ1n) is 9.33. The van der Waals surface area contributed by atoms with E-state index in [-0.39, 0.29) is 11.6 Å². The Morgan fingerprint density at radius 2 is 1.55 bits per heavy atom. The van der Waals surface area contributed by atoms with E-state index in [4.69, 9.17) is 4.42 Å². The summed E-state index contributed by atoms with van der Waals surface area (Å²) in [5, 5.41) is 9.24. The molecule has 0 fully saturated rings. The number of hydrogen-bond donors (Lipinski definition) is 0. The van der Waals surface area contributed by atoms with E-state index in [1.165, 1.54) is 11.5 Å². The third-order valence-electron chi connectivity index (χ3n) is 4.82. The van der Waals surface area contributed by atoms with Crippen LogP contribution in [0.3, 0.4) is 0 Å². The molecule has 0 N–H and O–H groups in total. The minimum Gasteiger partial charge on any atom is -0.418 e. The average molecular weight is 399 g/mol. The normalized spacial score (nSPS) is 12.3. The van der Waals surface area contributed by atoms with E-state index < -0.39 is 0 Å². The van der Waals surface area contributed by atoms with Crippen molar-refractivity contribution in [2.45, 2.75) is 12.5 Å². The fourth-order valence-electron chi connectivity index (χ4n) is 3.37. The third kappa shape index (κ3) is 3.39. The second-order valence-electron chi connectivity index (χ2n) is 6.74. The Balaban J connectivity index is 1.62. The van der Waals surface area contributed by atoms with Crippen LogP contribution in [0.25, 0.3) is 21.5 Å². The molecule has 0 aliphatic carbocycles. The summed E-state index contributed by atoms with van der Waals surface area (Å²) >= 11 is 1.43. The van der Waals surface area contributed by atoms with Gasteiger partial charge in [0.05, 0.1) is 10.1 Å². The maximum absolute atomic E-state index is 13.1. The first-order valence-corrected chi connectivity index (χ1v) is 10.1. The zero-order valence-electron chi connectivity index (χ0n) is 15.4. The summed E-state index contributed by atoms with van der Waals surface area (Å²) in [4.78, 5) is 13.1. The van der Waals surface area contributed by atoms with Gasteiger partial charge in [-0.2, -0.15) is 0 Å². The van der Waals surface area contributed by atoms with Crippen molar-refractivity contribution in [3.8, 4) is 11.5 Å². The highest BCUT2D eigenvalue weighted by Crippen LogP contribution is 2.28. The highest BCUT2D eigenvalue weighted by Gasteiger charge is 2.25. The number of nitrogens with zero attached hydrogens (tertiary/aromatic N) is 3. The van der Waals surface area contributed by atoms with Gasteiger partial charge in [-0.05, 0) is 29.8 Å². The predicted molar refractivity (Wildman–Crippen MR) is 114 cm³/mol. The van der Waals surface area contributed by atoms with Gasteiger partial charge in [0.15, 0.2) is 0 Å². The van der Waals surface area contributed by atoms with E-state index in [2.05, 4.69) is 10.2 Å². The van der Waals surface area contributed by atoms with Crippen LogP contribution in [0.4, 0.5) is 0 Å². The number of fused-ring (bicyclic) bond motifs is 1. The molecule has 5 nitrogen and oxygen atoms in total. The average Bonchev–Trinajstić information content (AvgIpc) is 3.39. The minimum atomic E-state index is -0.368. The topological polar surface area (TPSA) is 60.9 Å². The summed E-state index contributed by atoms with van der Waals surface area (Å²) in [6.07, 6.45) is 0.587. The van der Waals surface area contributed by atoms with E-state index in [1.54, 1.807) is 3.96 Å². The minimum absolute atomic E-state index is 0.0361. The summed E-state index contributed by atoms with van der Waals surface area (Å²) in [5.41, 5.74) is 1.92. The Kier molecular flexibility index (Phi) is 4.54. The van der Waals surface area contributed by atoms with Crippen molar-refractivity contribution < 1.29 is 4.42 Å². The lowest BCUT2D eigenvalue weighted by atomic mass is 10.1. The first-order chi connectivity index (χ1) is 14.3. The van der Waals surface area contributed by atoms with Crippen molar-refractivity contribution in [2.75, 3.05) is 0 Å². The molecule has 1 atom stereocenters. The molecule has 29 heavy (non-hydrogen) atoms. The highest BCUT2D eigenvalue weighted by molar-refractivity contribution is 7.13. The molecule has 6 heteroatoms. The van der Waals surface area contributed by atoms with Gasteiger partial charge in [0.2, 0.25) is 11.8 Å². The molecule has 0 amide bonds. The fraction of sp³-hybridized carbons (Fsp3) is 0.0870. The second kappa shape index (κ2) is 7.48. The van der Waals surface area contributed by atoms with Crippen molar-refractivity contribution in [2.24, 2.45) is 0 Å². The lowest BCUT2D eigenvalue weighted by molar-refractivity contribution is 0.427. The van der Waals surface area contributed by atoms with Gasteiger partial charge in [0, 0.05) is 12.0 Å². The van der Waals surface area contributed by atoms with Gasteiger partial charge >= 0.3 is 0 Å². The molecule has 5 rings (SSSR count). The van der Waals surface area contributed by atoms with Gasteiger partial charge < -0.3 is 4.42 Å². The lowest BCUT2D eigenvalue weighted by Crippen LogP contribution is -2.22. The van der Waals surface area contributed by atoms with E-state index in [0.29, 0.717) is 23.6 Å². The highest BCUT2D eigenvalue weighted by atomic mass is 32.1. The molecule has 3 aromatic carbocycles. The van der Waals surface area contributed by atoms with Crippen molar-refractivity contribution in [3.63, 3.8) is 0 Å². The molecule has 5 aromatic rings. The molecule has 0 saturated heterocycles. The van der Waals surface area contributed by atoms with Gasteiger partial charge in [-0.1, -0.05) is 72.2 Å². The van der Waals surface area contributed by atoms with Crippen molar-refractivity contribution in [1.29, 1.82) is 0 Å². The lowest BCUT2D eigenvalue weighted by Gasteiger charge is -2.13. The van der Waals surface area contributed by atoms with E-state index >= 15 is 0 Å². The van der Waals surface area contributed by atoms with Crippen LogP contribution in [-0.2, 0) is 6.42 Å². The summed E-state index contributed by atoms with van der Waals surface area (Å²) < 4.78 is 8.73. The number of rotatable bonds is 5. The molecular weight excluding hydrogens is 382 g/mol. The van der Waals surface area contributed by atoms with Crippen molar-refractivity contribution in [1.82, 2.24) is 14.2 Å². The molecule has 0 spiro atoms. The van der Waals surface area contributed by atoms with E-state index in [0.717, 1.165) is 15.8 Å². The van der Waals surface area contributed by atoms with Crippen LogP contribution in [0.2, 0.25) is 0 Å². The number of hydrogen-bond acceptors (Lipinski definition) is 5. The van der Waals surface area contributed by atoms with Crippen LogP contribution in [0.1, 0.15) is 17.5 Å². The standard InChI is InChI=1S/C23H17N3O2S/c27-23-18-13-7-8-14-20(18)29-26(23)19(15-16-9-3-1-4-10-16)22-25-24-21(28-22)17-11-5-2-6-12-17/h1-14,19H,15H2/t19-/m0/s1. The van der Waals surface area contributed by atoms with Crippen molar-refractivity contribution in [3.05, 3.63) is 107 Å². The Bertz CT molecular complexity index is 1310. The molecule has 0 aliphatic rings. The molecular formula is C23H17N3O2S. The Morgan fingerprint density at radius 1 is 0.862 bits per heavy atom. The molecule has 2 heterocycles. The van der Waals surface area contributed by atoms with E-state index in [9.17, 15) is 4.79 Å².